The Morgan fingerprint density at radius 1 is 1.21 bits per heavy atom. The fraction of sp³-hybridized carbons (Fsp3) is 0.556. The second-order valence-electron chi connectivity index (χ2n) is 6.12. The van der Waals surface area contributed by atoms with Crippen LogP contribution in [0.1, 0.15) is 38.2 Å². The van der Waals surface area contributed by atoms with E-state index in [1.165, 1.54) is 6.92 Å². The molecule has 0 spiro atoms. The van der Waals surface area contributed by atoms with Gasteiger partial charge in [-0.1, -0.05) is 12.8 Å². The van der Waals surface area contributed by atoms with Crippen LogP contribution in [0, 0.1) is 5.92 Å². The van der Waals surface area contributed by atoms with Gasteiger partial charge < -0.3 is 20.1 Å². The molecule has 2 rings (SSSR count). The zero-order valence-electron chi connectivity index (χ0n) is 14.6. The van der Waals surface area contributed by atoms with Crippen molar-refractivity contribution in [3.05, 3.63) is 23.8 Å². The highest BCUT2D eigenvalue weighted by Gasteiger charge is 2.31. The van der Waals surface area contributed by atoms with Crippen LogP contribution in [0.2, 0.25) is 0 Å². The van der Waals surface area contributed by atoms with E-state index >= 15 is 0 Å². The third-order valence-corrected chi connectivity index (χ3v) is 4.46. The molecule has 0 aromatic heterocycles. The van der Waals surface area contributed by atoms with Crippen molar-refractivity contribution in [2.45, 2.75) is 45.2 Å². The molecule has 1 unspecified atom stereocenters. The minimum absolute atomic E-state index is 0.144. The number of hydrogen-bond donors (Lipinski definition) is 2. The summed E-state index contributed by atoms with van der Waals surface area (Å²) in [5, 5.41) is 5.72. The van der Waals surface area contributed by atoms with E-state index < -0.39 is 6.04 Å². The van der Waals surface area contributed by atoms with E-state index in [0.29, 0.717) is 18.0 Å². The first-order chi connectivity index (χ1) is 11.5. The Labute approximate surface area is 142 Å². The molecule has 0 heterocycles. The van der Waals surface area contributed by atoms with Crippen LogP contribution in [-0.4, -0.2) is 32.1 Å². The lowest BCUT2D eigenvalue weighted by Gasteiger charge is -2.23. The van der Waals surface area contributed by atoms with Gasteiger partial charge in [-0.25, -0.2) is 0 Å². The van der Waals surface area contributed by atoms with E-state index in [0.717, 1.165) is 31.2 Å². The number of nitrogens with one attached hydrogen (secondary N) is 2. The molecule has 1 atom stereocenters. The Morgan fingerprint density at radius 3 is 2.50 bits per heavy atom. The quantitative estimate of drug-likeness (QED) is 0.800. The van der Waals surface area contributed by atoms with Gasteiger partial charge in [0.05, 0.1) is 14.2 Å². The van der Waals surface area contributed by atoms with Gasteiger partial charge in [-0.05, 0) is 30.9 Å². The summed E-state index contributed by atoms with van der Waals surface area (Å²) >= 11 is 0. The van der Waals surface area contributed by atoms with Crippen LogP contribution >= 0.6 is 0 Å². The van der Waals surface area contributed by atoms with Crippen LogP contribution in [0.3, 0.4) is 0 Å². The number of amides is 2. The lowest BCUT2D eigenvalue weighted by molar-refractivity contribution is -0.129. The zero-order chi connectivity index (χ0) is 17.5. The van der Waals surface area contributed by atoms with Crippen molar-refractivity contribution < 1.29 is 19.1 Å². The van der Waals surface area contributed by atoms with Gasteiger partial charge in [0.2, 0.25) is 11.8 Å². The first-order valence-corrected chi connectivity index (χ1v) is 8.31. The monoisotopic (exact) mass is 334 g/mol. The summed E-state index contributed by atoms with van der Waals surface area (Å²) < 4.78 is 10.5. The lowest BCUT2D eigenvalue weighted by atomic mass is 9.97. The maximum absolute atomic E-state index is 12.6. The molecule has 1 aliphatic rings. The third kappa shape index (κ3) is 4.63. The number of benzene rings is 1. The average molecular weight is 334 g/mol. The SMILES string of the molecule is COc1ccc(CNC(=O)C(NC(C)=O)C2CCCC2)c(OC)c1. The summed E-state index contributed by atoms with van der Waals surface area (Å²) in [6, 6.07) is 5.01. The Morgan fingerprint density at radius 2 is 1.92 bits per heavy atom. The number of hydrogen-bond acceptors (Lipinski definition) is 4. The van der Waals surface area contributed by atoms with Crippen LogP contribution < -0.4 is 20.1 Å². The van der Waals surface area contributed by atoms with Crippen molar-refractivity contribution in [3.8, 4) is 11.5 Å². The molecule has 6 nitrogen and oxygen atoms in total. The van der Waals surface area contributed by atoms with Gasteiger partial charge in [0, 0.05) is 25.1 Å². The molecule has 24 heavy (non-hydrogen) atoms. The molecule has 1 fully saturated rings. The van der Waals surface area contributed by atoms with Gasteiger partial charge in [0.25, 0.3) is 0 Å². The molecule has 132 valence electrons. The molecule has 0 bridgehead atoms. The molecule has 1 aromatic rings. The van der Waals surface area contributed by atoms with Gasteiger partial charge >= 0.3 is 0 Å². The molecule has 6 heteroatoms. The highest BCUT2D eigenvalue weighted by atomic mass is 16.5. The second-order valence-corrected chi connectivity index (χ2v) is 6.12. The van der Waals surface area contributed by atoms with Crippen LogP contribution in [0.15, 0.2) is 18.2 Å². The number of ether oxygens (including phenoxy) is 2. The van der Waals surface area contributed by atoms with E-state index in [4.69, 9.17) is 9.47 Å². The van der Waals surface area contributed by atoms with Crippen molar-refractivity contribution in [1.29, 1.82) is 0 Å². The predicted molar refractivity (Wildman–Crippen MR) is 91.0 cm³/mol. The Hall–Kier alpha value is -2.24. The summed E-state index contributed by atoms with van der Waals surface area (Å²) in [6.45, 7) is 1.79. The smallest absolute Gasteiger partial charge is 0.243 e. The van der Waals surface area contributed by atoms with E-state index in [1.807, 2.05) is 12.1 Å². The minimum Gasteiger partial charge on any atom is -0.497 e. The van der Waals surface area contributed by atoms with Crippen LogP contribution in [0.5, 0.6) is 11.5 Å². The number of rotatable bonds is 7. The zero-order valence-corrected chi connectivity index (χ0v) is 14.6. The average Bonchev–Trinajstić information content (AvgIpc) is 3.11. The largest absolute Gasteiger partial charge is 0.497 e. The Kier molecular flexibility index (Phi) is 6.46. The summed E-state index contributed by atoms with van der Waals surface area (Å²) in [4.78, 5) is 24.0. The van der Waals surface area contributed by atoms with Crippen LogP contribution in [-0.2, 0) is 16.1 Å². The molecule has 0 aliphatic heterocycles. The van der Waals surface area contributed by atoms with Gasteiger partial charge in [0.15, 0.2) is 0 Å². The molecule has 0 radical (unpaired) electrons. The van der Waals surface area contributed by atoms with E-state index in [-0.39, 0.29) is 17.7 Å². The van der Waals surface area contributed by atoms with Gasteiger partial charge in [-0.15, -0.1) is 0 Å². The maximum atomic E-state index is 12.6. The van der Waals surface area contributed by atoms with Crippen molar-refractivity contribution in [3.63, 3.8) is 0 Å². The standard InChI is InChI=1S/C18H26N2O4/c1-12(21)20-17(13-6-4-5-7-13)18(22)19-11-14-8-9-15(23-2)10-16(14)24-3/h8-10,13,17H,4-7,11H2,1-3H3,(H,19,22)(H,20,21). The highest BCUT2D eigenvalue weighted by molar-refractivity contribution is 5.87. The van der Waals surface area contributed by atoms with Gasteiger partial charge in [0.1, 0.15) is 17.5 Å². The molecule has 2 amide bonds. The van der Waals surface area contributed by atoms with Crippen molar-refractivity contribution >= 4 is 11.8 Å². The number of carbonyl (C=O) groups is 2. The first-order valence-electron chi connectivity index (χ1n) is 8.31. The summed E-state index contributed by atoms with van der Waals surface area (Å²) in [5.41, 5.74) is 0.861. The summed E-state index contributed by atoms with van der Waals surface area (Å²) in [6.07, 6.45) is 4.18. The molecule has 0 saturated heterocycles. The number of methoxy groups -OCH3 is 2. The molecule has 1 saturated carbocycles. The molecule has 1 aromatic carbocycles. The van der Waals surface area contributed by atoms with E-state index in [2.05, 4.69) is 10.6 Å². The maximum Gasteiger partial charge on any atom is 0.243 e. The van der Waals surface area contributed by atoms with Gasteiger partial charge in [-0.3, -0.25) is 9.59 Å². The Bertz CT molecular complexity index is 582. The molecular weight excluding hydrogens is 308 g/mol. The third-order valence-electron chi connectivity index (χ3n) is 4.46. The van der Waals surface area contributed by atoms with Crippen LogP contribution in [0.25, 0.3) is 0 Å². The predicted octanol–water partition coefficient (Wildman–Crippen LogP) is 2.01. The topological polar surface area (TPSA) is 76.7 Å². The van der Waals surface area contributed by atoms with Crippen molar-refractivity contribution in [1.82, 2.24) is 10.6 Å². The van der Waals surface area contributed by atoms with Gasteiger partial charge in [-0.2, -0.15) is 0 Å². The fourth-order valence-electron chi connectivity index (χ4n) is 3.20. The second kappa shape index (κ2) is 8.57. The van der Waals surface area contributed by atoms with E-state index in [9.17, 15) is 9.59 Å². The number of carbonyl (C=O) groups excluding carboxylic acids is 2. The highest BCUT2D eigenvalue weighted by Crippen LogP contribution is 2.28. The lowest BCUT2D eigenvalue weighted by Crippen LogP contribution is -2.49. The van der Waals surface area contributed by atoms with Crippen molar-refractivity contribution in [2.75, 3.05) is 14.2 Å². The fourth-order valence-corrected chi connectivity index (χ4v) is 3.20. The molecular formula is C18H26N2O4. The first kappa shape index (κ1) is 18.1. The van der Waals surface area contributed by atoms with E-state index in [1.54, 1.807) is 20.3 Å². The normalized spacial score (nSPS) is 15.6. The summed E-state index contributed by atoms with van der Waals surface area (Å²) in [7, 11) is 3.18. The van der Waals surface area contributed by atoms with Crippen molar-refractivity contribution in [2.24, 2.45) is 5.92 Å². The molecule has 2 N–H and O–H groups in total. The Balaban J connectivity index is 2.03. The summed E-state index contributed by atoms with van der Waals surface area (Å²) in [5.74, 6) is 1.25. The van der Waals surface area contributed by atoms with Crippen LogP contribution in [0.4, 0.5) is 0 Å². The molecule has 1 aliphatic carbocycles. The minimum atomic E-state index is -0.464.